The van der Waals surface area contributed by atoms with Gasteiger partial charge in [-0.05, 0) is 37.6 Å². The number of hydrogen-bond donors (Lipinski definition) is 2. The van der Waals surface area contributed by atoms with Crippen molar-refractivity contribution in [3.05, 3.63) is 47.1 Å². The molecule has 0 unspecified atom stereocenters. The topological polar surface area (TPSA) is 91.2 Å². The van der Waals surface area contributed by atoms with Crippen molar-refractivity contribution in [3.8, 4) is 0 Å². The third-order valence-electron chi connectivity index (χ3n) is 4.11. The summed E-state index contributed by atoms with van der Waals surface area (Å²) in [6.07, 6.45) is 0.0716. The molecule has 2 N–H and O–H groups in total. The molecule has 2 amide bonds. The molecular formula is C18H19FN4O3. The number of fused-ring (bicyclic) bond motifs is 1. The van der Waals surface area contributed by atoms with Crippen LogP contribution in [0.4, 0.5) is 10.2 Å². The average molecular weight is 358 g/mol. The van der Waals surface area contributed by atoms with Crippen molar-refractivity contribution in [3.63, 3.8) is 0 Å². The highest BCUT2D eigenvalue weighted by Gasteiger charge is 2.18. The predicted molar refractivity (Wildman–Crippen MR) is 94.2 cm³/mol. The maximum absolute atomic E-state index is 13.5. The molecule has 0 aliphatic rings. The number of amides is 2. The zero-order valence-corrected chi connectivity index (χ0v) is 14.7. The number of anilines is 1. The Bertz CT molecular complexity index is 976. The molecule has 0 aliphatic heterocycles. The molecule has 0 saturated carbocycles. The largest absolute Gasteiger partial charge is 0.360 e. The van der Waals surface area contributed by atoms with Gasteiger partial charge in [-0.1, -0.05) is 5.16 Å². The zero-order valence-electron chi connectivity index (χ0n) is 14.7. The Balaban J connectivity index is 1.67. The predicted octanol–water partition coefficient (Wildman–Crippen LogP) is 2.55. The summed E-state index contributed by atoms with van der Waals surface area (Å²) in [7, 11) is 1.54. The molecule has 0 atom stereocenters. The first-order valence-electron chi connectivity index (χ1n) is 8.07. The third kappa shape index (κ3) is 3.74. The first kappa shape index (κ1) is 17.7. The van der Waals surface area contributed by atoms with E-state index < -0.39 is 0 Å². The van der Waals surface area contributed by atoms with Crippen molar-refractivity contribution in [1.82, 2.24) is 15.0 Å². The lowest BCUT2D eigenvalue weighted by Crippen LogP contribution is -2.35. The first-order valence-corrected chi connectivity index (χ1v) is 8.07. The lowest BCUT2D eigenvalue weighted by molar-refractivity contribution is -0.132. The molecule has 3 aromatic rings. The SMILES string of the molecule is Cc1cc(NC(=O)CN(C)C(=O)Cc2c(C)[nH]c3ccc(F)cc23)no1. The Labute approximate surface area is 149 Å². The van der Waals surface area contributed by atoms with Crippen LogP contribution < -0.4 is 5.32 Å². The Hall–Kier alpha value is -3.16. The number of hydrogen-bond acceptors (Lipinski definition) is 4. The summed E-state index contributed by atoms with van der Waals surface area (Å²) in [6.45, 7) is 3.42. The van der Waals surface area contributed by atoms with Gasteiger partial charge < -0.3 is 19.7 Å². The van der Waals surface area contributed by atoms with Crippen LogP contribution in [0.1, 0.15) is 17.0 Å². The zero-order chi connectivity index (χ0) is 18.8. The molecule has 0 saturated heterocycles. The molecule has 2 heterocycles. The van der Waals surface area contributed by atoms with Gasteiger partial charge in [-0.2, -0.15) is 0 Å². The van der Waals surface area contributed by atoms with Gasteiger partial charge in [0, 0.05) is 29.7 Å². The lowest BCUT2D eigenvalue weighted by atomic mass is 10.1. The number of carbonyl (C=O) groups excluding carboxylic acids is 2. The Morgan fingerprint density at radius 2 is 2.08 bits per heavy atom. The highest BCUT2D eigenvalue weighted by Crippen LogP contribution is 2.24. The number of aryl methyl sites for hydroxylation is 2. The Morgan fingerprint density at radius 1 is 1.31 bits per heavy atom. The number of nitrogens with zero attached hydrogens (tertiary/aromatic N) is 2. The highest BCUT2D eigenvalue weighted by atomic mass is 19.1. The number of aromatic nitrogens is 2. The number of nitrogens with one attached hydrogen (secondary N) is 2. The Morgan fingerprint density at radius 3 is 2.77 bits per heavy atom. The van der Waals surface area contributed by atoms with E-state index in [4.69, 9.17) is 4.52 Å². The third-order valence-corrected chi connectivity index (χ3v) is 4.11. The number of likely N-dealkylation sites (N-methyl/N-ethyl adjacent to an activating group) is 1. The van der Waals surface area contributed by atoms with Crippen molar-refractivity contribution in [2.24, 2.45) is 0 Å². The molecule has 1 aromatic carbocycles. The first-order chi connectivity index (χ1) is 12.3. The van der Waals surface area contributed by atoms with E-state index in [1.807, 2.05) is 6.92 Å². The molecule has 0 spiro atoms. The van der Waals surface area contributed by atoms with Crippen LogP contribution in [-0.4, -0.2) is 40.4 Å². The maximum atomic E-state index is 13.5. The number of halogens is 1. The average Bonchev–Trinajstić information content (AvgIpc) is 3.11. The van der Waals surface area contributed by atoms with Crippen LogP contribution in [0.3, 0.4) is 0 Å². The summed E-state index contributed by atoms with van der Waals surface area (Å²) >= 11 is 0. The van der Waals surface area contributed by atoms with E-state index in [9.17, 15) is 14.0 Å². The van der Waals surface area contributed by atoms with Gasteiger partial charge in [-0.15, -0.1) is 0 Å². The normalized spacial score (nSPS) is 10.9. The van der Waals surface area contributed by atoms with E-state index in [1.54, 1.807) is 26.1 Å². The molecule has 0 bridgehead atoms. The van der Waals surface area contributed by atoms with Gasteiger partial charge in [0.25, 0.3) is 0 Å². The quantitative estimate of drug-likeness (QED) is 0.733. The van der Waals surface area contributed by atoms with Gasteiger partial charge >= 0.3 is 0 Å². The van der Waals surface area contributed by atoms with Crippen molar-refractivity contribution in [1.29, 1.82) is 0 Å². The minimum atomic E-state index is -0.379. The van der Waals surface area contributed by atoms with Crippen LogP contribution in [0.25, 0.3) is 10.9 Å². The van der Waals surface area contributed by atoms with Gasteiger partial charge in [-0.3, -0.25) is 9.59 Å². The molecule has 0 radical (unpaired) electrons. The summed E-state index contributed by atoms with van der Waals surface area (Å²) in [4.78, 5) is 29.0. The molecule has 7 nitrogen and oxygen atoms in total. The monoisotopic (exact) mass is 358 g/mol. The van der Waals surface area contributed by atoms with Gasteiger partial charge in [0.2, 0.25) is 11.8 Å². The number of aromatic amines is 1. The van der Waals surface area contributed by atoms with E-state index >= 15 is 0 Å². The van der Waals surface area contributed by atoms with Gasteiger partial charge in [0.1, 0.15) is 11.6 Å². The van der Waals surface area contributed by atoms with E-state index in [2.05, 4.69) is 15.5 Å². The van der Waals surface area contributed by atoms with E-state index in [-0.39, 0.29) is 30.6 Å². The van der Waals surface area contributed by atoms with E-state index in [0.29, 0.717) is 17.0 Å². The molecule has 8 heteroatoms. The highest BCUT2D eigenvalue weighted by molar-refractivity contribution is 5.95. The smallest absolute Gasteiger partial charge is 0.245 e. The number of H-pyrrole nitrogens is 1. The minimum absolute atomic E-state index is 0.0716. The summed E-state index contributed by atoms with van der Waals surface area (Å²) < 4.78 is 18.4. The summed E-state index contributed by atoms with van der Waals surface area (Å²) in [5, 5.41) is 6.91. The standard InChI is InChI=1S/C18H19FN4O3/c1-10-6-16(22-26-10)21-17(24)9-23(3)18(25)8-13-11(2)20-15-5-4-12(19)7-14(13)15/h4-7,20H,8-9H2,1-3H3,(H,21,22,24). The second-order valence-corrected chi connectivity index (χ2v) is 6.22. The van der Waals surface area contributed by atoms with Crippen molar-refractivity contribution in [2.45, 2.75) is 20.3 Å². The molecule has 3 rings (SSSR count). The van der Waals surface area contributed by atoms with Crippen LogP contribution in [0.2, 0.25) is 0 Å². The van der Waals surface area contributed by atoms with Crippen LogP contribution in [0, 0.1) is 19.7 Å². The van der Waals surface area contributed by atoms with Crippen molar-refractivity contribution < 1.29 is 18.5 Å². The van der Waals surface area contributed by atoms with Crippen molar-refractivity contribution >= 4 is 28.5 Å². The molecular weight excluding hydrogens is 339 g/mol. The van der Waals surface area contributed by atoms with Crippen LogP contribution in [0.5, 0.6) is 0 Å². The van der Waals surface area contributed by atoms with E-state index in [0.717, 1.165) is 16.8 Å². The second-order valence-electron chi connectivity index (χ2n) is 6.22. The maximum Gasteiger partial charge on any atom is 0.245 e. The van der Waals surface area contributed by atoms with E-state index in [1.165, 1.54) is 17.0 Å². The molecule has 0 fully saturated rings. The van der Waals surface area contributed by atoms with Gasteiger partial charge in [-0.25, -0.2) is 4.39 Å². The fourth-order valence-corrected chi connectivity index (χ4v) is 2.78. The number of rotatable bonds is 5. The summed E-state index contributed by atoms with van der Waals surface area (Å²) in [5.41, 5.74) is 2.30. The van der Waals surface area contributed by atoms with Crippen LogP contribution >= 0.6 is 0 Å². The molecule has 136 valence electrons. The van der Waals surface area contributed by atoms with Gasteiger partial charge in [0.15, 0.2) is 5.82 Å². The van der Waals surface area contributed by atoms with Crippen LogP contribution in [-0.2, 0) is 16.0 Å². The van der Waals surface area contributed by atoms with Gasteiger partial charge in [0.05, 0.1) is 13.0 Å². The second kappa shape index (κ2) is 6.99. The molecule has 2 aromatic heterocycles. The Kier molecular flexibility index (Phi) is 4.75. The summed E-state index contributed by atoms with van der Waals surface area (Å²) in [6, 6.07) is 6.00. The molecule has 26 heavy (non-hydrogen) atoms. The number of benzene rings is 1. The summed E-state index contributed by atoms with van der Waals surface area (Å²) in [5.74, 6) is -0.107. The fraction of sp³-hybridized carbons (Fsp3) is 0.278. The lowest BCUT2D eigenvalue weighted by Gasteiger charge is -2.16. The molecule has 0 aliphatic carbocycles. The fourth-order valence-electron chi connectivity index (χ4n) is 2.78. The van der Waals surface area contributed by atoms with Crippen LogP contribution in [0.15, 0.2) is 28.8 Å². The number of carbonyl (C=O) groups is 2. The van der Waals surface area contributed by atoms with Crippen molar-refractivity contribution in [2.75, 3.05) is 18.9 Å². The minimum Gasteiger partial charge on any atom is -0.360 e.